The summed E-state index contributed by atoms with van der Waals surface area (Å²) in [6, 6.07) is 10.5. The van der Waals surface area contributed by atoms with Crippen molar-refractivity contribution in [3.63, 3.8) is 0 Å². The molecular formula is C16H22N4. The van der Waals surface area contributed by atoms with Gasteiger partial charge in [-0.1, -0.05) is 30.3 Å². The summed E-state index contributed by atoms with van der Waals surface area (Å²) in [6.45, 7) is 4.20. The van der Waals surface area contributed by atoms with Crippen LogP contribution in [0.25, 0.3) is 5.57 Å². The summed E-state index contributed by atoms with van der Waals surface area (Å²) in [5.74, 6) is 7.11. The van der Waals surface area contributed by atoms with E-state index in [-0.39, 0.29) is 0 Å². The number of hydrogen-bond donors (Lipinski definition) is 2. The van der Waals surface area contributed by atoms with Gasteiger partial charge in [-0.25, -0.2) is 5.84 Å². The first kappa shape index (κ1) is 13.3. The number of hydrogen-bond acceptors (Lipinski definition) is 4. The molecule has 106 valence electrons. The van der Waals surface area contributed by atoms with Gasteiger partial charge in [0.05, 0.1) is 0 Å². The number of fused-ring (bicyclic) bond motifs is 5. The highest BCUT2D eigenvalue weighted by molar-refractivity contribution is 5.99. The standard InChI is InChI=1S/C16H22N4/c17-19-16-10-15(14-4-2-1-3-5-14)12-20-8-6-13(7-9-20)11-18-16/h1-5,10,13H,6-9,11-12,17H2,(H,18,19). The molecule has 2 bridgehead atoms. The van der Waals surface area contributed by atoms with Crippen LogP contribution in [0.4, 0.5) is 0 Å². The van der Waals surface area contributed by atoms with Gasteiger partial charge >= 0.3 is 0 Å². The molecule has 3 aliphatic rings. The third kappa shape index (κ3) is 3.08. The average Bonchev–Trinajstić information content (AvgIpc) is 2.53. The fourth-order valence-corrected chi connectivity index (χ4v) is 2.97. The predicted octanol–water partition coefficient (Wildman–Crippen LogP) is 1.66. The summed E-state index contributed by atoms with van der Waals surface area (Å²) in [6.07, 6.45) is 4.57. The van der Waals surface area contributed by atoms with Crippen LogP contribution in [0.1, 0.15) is 18.4 Å². The summed E-state index contributed by atoms with van der Waals surface area (Å²) in [5.41, 5.74) is 5.26. The van der Waals surface area contributed by atoms with Crippen molar-refractivity contribution >= 4 is 11.4 Å². The van der Waals surface area contributed by atoms with E-state index in [4.69, 9.17) is 5.84 Å². The molecule has 0 aromatic heterocycles. The van der Waals surface area contributed by atoms with Crippen LogP contribution in [-0.2, 0) is 0 Å². The maximum absolute atomic E-state index is 5.61. The first-order chi connectivity index (χ1) is 9.85. The lowest BCUT2D eigenvalue weighted by atomic mass is 9.95. The predicted molar refractivity (Wildman–Crippen MR) is 83.2 cm³/mol. The highest BCUT2D eigenvalue weighted by atomic mass is 15.2. The summed E-state index contributed by atoms with van der Waals surface area (Å²) in [5, 5.41) is 0. The van der Waals surface area contributed by atoms with Crippen molar-refractivity contribution < 1.29 is 0 Å². The first-order valence-corrected chi connectivity index (χ1v) is 7.34. The van der Waals surface area contributed by atoms with Crippen LogP contribution in [0, 0.1) is 5.92 Å². The number of nitrogens with zero attached hydrogens (tertiary/aromatic N) is 2. The van der Waals surface area contributed by atoms with Gasteiger partial charge in [0, 0.05) is 13.1 Å². The van der Waals surface area contributed by atoms with Crippen molar-refractivity contribution in [2.75, 3.05) is 26.2 Å². The Morgan fingerprint density at radius 3 is 2.60 bits per heavy atom. The molecule has 4 rings (SSSR count). The van der Waals surface area contributed by atoms with Crippen LogP contribution in [0.3, 0.4) is 0 Å². The van der Waals surface area contributed by atoms with Crippen molar-refractivity contribution in [1.82, 2.24) is 10.3 Å². The minimum absolute atomic E-state index is 0.710. The van der Waals surface area contributed by atoms with E-state index in [0.717, 1.165) is 18.9 Å². The molecule has 0 atom stereocenters. The zero-order chi connectivity index (χ0) is 13.8. The quantitative estimate of drug-likeness (QED) is 0.603. The number of amidine groups is 1. The van der Waals surface area contributed by atoms with Gasteiger partial charge in [-0.2, -0.15) is 0 Å². The Labute approximate surface area is 120 Å². The molecular weight excluding hydrogens is 248 g/mol. The van der Waals surface area contributed by atoms with Gasteiger partial charge in [0.1, 0.15) is 5.84 Å². The topological polar surface area (TPSA) is 53.6 Å². The number of aliphatic imine (C=N–C) groups is 1. The largest absolute Gasteiger partial charge is 0.309 e. The Balaban J connectivity index is 1.95. The first-order valence-electron chi connectivity index (χ1n) is 7.34. The third-order valence-electron chi connectivity index (χ3n) is 4.22. The smallest absolute Gasteiger partial charge is 0.135 e. The molecule has 1 aromatic carbocycles. The maximum atomic E-state index is 5.61. The lowest BCUT2D eigenvalue weighted by Crippen LogP contribution is -2.38. The van der Waals surface area contributed by atoms with E-state index in [1.54, 1.807) is 0 Å². The second kappa shape index (κ2) is 6.20. The molecule has 1 fully saturated rings. The second-order valence-electron chi connectivity index (χ2n) is 5.63. The number of benzene rings is 1. The monoisotopic (exact) mass is 270 g/mol. The van der Waals surface area contributed by atoms with Crippen LogP contribution < -0.4 is 11.3 Å². The van der Waals surface area contributed by atoms with Crippen molar-refractivity contribution in [2.24, 2.45) is 16.8 Å². The molecule has 20 heavy (non-hydrogen) atoms. The highest BCUT2D eigenvalue weighted by Crippen LogP contribution is 2.23. The van der Waals surface area contributed by atoms with Crippen LogP contribution in [0.15, 0.2) is 41.4 Å². The van der Waals surface area contributed by atoms with Crippen LogP contribution in [-0.4, -0.2) is 36.9 Å². The fraction of sp³-hybridized carbons (Fsp3) is 0.438. The Bertz CT molecular complexity index is 498. The molecule has 3 aliphatic heterocycles. The summed E-state index contributed by atoms with van der Waals surface area (Å²) in [7, 11) is 0. The molecule has 0 aliphatic carbocycles. The van der Waals surface area contributed by atoms with Crippen molar-refractivity contribution in [1.29, 1.82) is 0 Å². The molecule has 0 radical (unpaired) electrons. The molecule has 3 heterocycles. The number of piperidine rings is 1. The van der Waals surface area contributed by atoms with E-state index < -0.39 is 0 Å². The van der Waals surface area contributed by atoms with Gasteiger partial charge in [-0.05, 0) is 49.1 Å². The Hall–Kier alpha value is -1.65. The van der Waals surface area contributed by atoms with Gasteiger partial charge in [0.2, 0.25) is 0 Å². The zero-order valence-electron chi connectivity index (χ0n) is 11.8. The Morgan fingerprint density at radius 2 is 1.90 bits per heavy atom. The average molecular weight is 270 g/mol. The van der Waals surface area contributed by atoms with Crippen LogP contribution >= 0.6 is 0 Å². The molecule has 0 amide bonds. The summed E-state index contributed by atoms with van der Waals surface area (Å²) < 4.78 is 0. The maximum Gasteiger partial charge on any atom is 0.135 e. The third-order valence-corrected chi connectivity index (χ3v) is 4.22. The van der Waals surface area contributed by atoms with Gasteiger partial charge in [-0.3, -0.25) is 9.89 Å². The van der Waals surface area contributed by atoms with Crippen molar-refractivity contribution in [3.05, 3.63) is 42.0 Å². The minimum Gasteiger partial charge on any atom is -0.309 e. The number of rotatable bonds is 1. The molecule has 0 unspecified atom stereocenters. The second-order valence-corrected chi connectivity index (χ2v) is 5.63. The van der Waals surface area contributed by atoms with Crippen molar-refractivity contribution in [2.45, 2.75) is 12.8 Å². The van der Waals surface area contributed by atoms with E-state index in [2.05, 4.69) is 45.7 Å². The van der Waals surface area contributed by atoms with E-state index in [0.29, 0.717) is 5.92 Å². The van der Waals surface area contributed by atoms with Gasteiger partial charge < -0.3 is 5.43 Å². The van der Waals surface area contributed by atoms with Crippen molar-refractivity contribution in [3.8, 4) is 0 Å². The van der Waals surface area contributed by atoms with E-state index in [9.17, 15) is 0 Å². The summed E-state index contributed by atoms with van der Waals surface area (Å²) in [4.78, 5) is 7.18. The summed E-state index contributed by atoms with van der Waals surface area (Å²) >= 11 is 0. The number of hydrazine groups is 1. The molecule has 1 aromatic rings. The van der Waals surface area contributed by atoms with Crippen LogP contribution in [0.2, 0.25) is 0 Å². The lowest BCUT2D eigenvalue weighted by Gasteiger charge is -2.33. The van der Waals surface area contributed by atoms with Gasteiger partial charge in [0.25, 0.3) is 0 Å². The SMILES string of the molecule is NNC1=NCC2CCN(CC2)CC(c2ccccc2)=C1. The Kier molecular flexibility index (Phi) is 4.14. The lowest BCUT2D eigenvalue weighted by molar-refractivity contribution is 0.207. The van der Waals surface area contributed by atoms with Gasteiger partial charge in [-0.15, -0.1) is 0 Å². The van der Waals surface area contributed by atoms with E-state index in [1.165, 1.54) is 37.1 Å². The van der Waals surface area contributed by atoms with E-state index >= 15 is 0 Å². The minimum atomic E-state index is 0.710. The van der Waals surface area contributed by atoms with Crippen LogP contribution in [0.5, 0.6) is 0 Å². The molecule has 0 spiro atoms. The number of nitrogens with two attached hydrogens (primary N) is 1. The van der Waals surface area contributed by atoms with E-state index in [1.807, 2.05) is 6.07 Å². The highest BCUT2D eigenvalue weighted by Gasteiger charge is 2.21. The molecule has 1 saturated heterocycles. The fourth-order valence-electron chi connectivity index (χ4n) is 2.97. The zero-order valence-corrected chi connectivity index (χ0v) is 11.8. The molecule has 4 heteroatoms. The Morgan fingerprint density at radius 1 is 1.15 bits per heavy atom. The molecule has 3 N–H and O–H groups in total. The molecule has 4 nitrogen and oxygen atoms in total. The molecule has 0 saturated carbocycles. The normalized spacial score (nSPS) is 26.6. The van der Waals surface area contributed by atoms with Gasteiger partial charge in [0.15, 0.2) is 0 Å². The number of nitrogens with one attached hydrogen (secondary N) is 1.